The van der Waals surface area contributed by atoms with Gasteiger partial charge in [-0.25, -0.2) is 0 Å². The lowest BCUT2D eigenvalue weighted by Gasteiger charge is -2.14. The zero-order chi connectivity index (χ0) is 12.8. The molecule has 17 heavy (non-hydrogen) atoms. The van der Waals surface area contributed by atoms with Crippen molar-refractivity contribution in [1.82, 2.24) is 10.2 Å². The maximum atomic E-state index is 11.9. The Morgan fingerprint density at radius 2 is 2.12 bits per heavy atom. The summed E-state index contributed by atoms with van der Waals surface area (Å²) in [5.41, 5.74) is 0.651. The number of likely N-dealkylation sites (N-methyl/N-ethyl adjacent to an activating group) is 1. The van der Waals surface area contributed by atoms with Gasteiger partial charge in [-0.2, -0.15) is 0 Å². The first kappa shape index (κ1) is 14.7. The minimum Gasteiger partial charge on any atom is -0.351 e. The Labute approximate surface area is 119 Å². The Hall–Kier alpha value is -0.390. The van der Waals surface area contributed by atoms with Crippen LogP contribution in [0.4, 0.5) is 0 Å². The van der Waals surface area contributed by atoms with Crippen molar-refractivity contribution in [2.45, 2.75) is 6.92 Å². The Morgan fingerprint density at radius 3 is 2.76 bits per heavy atom. The number of hydrogen-bond donors (Lipinski definition) is 1. The van der Waals surface area contributed by atoms with Crippen LogP contribution in [-0.4, -0.2) is 37.5 Å². The maximum Gasteiger partial charge on any atom is 0.252 e. The lowest BCUT2D eigenvalue weighted by Crippen LogP contribution is -2.33. The van der Waals surface area contributed by atoms with E-state index in [1.54, 1.807) is 0 Å². The van der Waals surface area contributed by atoms with Crippen molar-refractivity contribution >= 4 is 37.8 Å². The minimum atomic E-state index is -0.0531. The first-order valence-corrected chi connectivity index (χ1v) is 7.05. The molecule has 1 aromatic rings. The SMILES string of the molecule is CCN(C)CCNC(=O)c1cc(Br)ccc1Br. The van der Waals surface area contributed by atoms with Crippen LogP contribution in [0.3, 0.4) is 0 Å². The third-order valence-corrected chi connectivity index (χ3v) is 3.68. The van der Waals surface area contributed by atoms with Gasteiger partial charge in [-0.05, 0) is 47.7 Å². The van der Waals surface area contributed by atoms with Crippen LogP contribution in [0.2, 0.25) is 0 Å². The fourth-order valence-electron chi connectivity index (χ4n) is 1.29. The molecular weight excluding hydrogens is 348 g/mol. The van der Waals surface area contributed by atoms with Crippen LogP contribution in [0.1, 0.15) is 17.3 Å². The van der Waals surface area contributed by atoms with E-state index >= 15 is 0 Å². The predicted molar refractivity (Wildman–Crippen MR) is 77.3 cm³/mol. The van der Waals surface area contributed by atoms with Crippen LogP contribution in [0, 0.1) is 0 Å². The molecule has 0 fully saturated rings. The molecule has 0 spiro atoms. The molecule has 0 bridgehead atoms. The molecule has 1 aromatic carbocycles. The van der Waals surface area contributed by atoms with Crippen LogP contribution in [0.25, 0.3) is 0 Å². The van der Waals surface area contributed by atoms with Crippen molar-refractivity contribution in [3.05, 3.63) is 32.7 Å². The second kappa shape index (κ2) is 7.13. The molecule has 0 aliphatic rings. The lowest BCUT2D eigenvalue weighted by atomic mass is 10.2. The van der Waals surface area contributed by atoms with Crippen molar-refractivity contribution < 1.29 is 4.79 Å². The van der Waals surface area contributed by atoms with Crippen molar-refractivity contribution in [2.24, 2.45) is 0 Å². The lowest BCUT2D eigenvalue weighted by molar-refractivity contribution is 0.0949. The summed E-state index contributed by atoms with van der Waals surface area (Å²) >= 11 is 6.73. The topological polar surface area (TPSA) is 32.3 Å². The summed E-state index contributed by atoms with van der Waals surface area (Å²) in [6.45, 7) is 4.58. The first-order chi connectivity index (χ1) is 8.04. The van der Waals surface area contributed by atoms with Crippen LogP contribution in [0.5, 0.6) is 0 Å². The van der Waals surface area contributed by atoms with Crippen molar-refractivity contribution in [3.8, 4) is 0 Å². The highest BCUT2D eigenvalue weighted by atomic mass is 79.9. The third-order valence-electron chi connectivity index (χ3n) is 2.49. The highest BCUT2D eigenvalue weighted by molar-refractivity contribution is 9.11. The van der Waals surface area contributed by atoms with Crippen LogP contribution >= 0.6 is 31.9 Å². The molecule has 0 aliphatic heterocycles. The molecule has 1 N–H and O–H groups in total. The number of carbonyl (C=O) groups excluding carboxylic acids is 1. The molecule has 5 heteroatoms. The van der Waals surface area contributed by atoms with E-state index in [0.717, 1.165) is 22.0 Å². The van der Waals surface area contributed by atoms with Gasteiger partial charge in [0, 0.05) is 22.0 Å². The molecule has 0 aliphatic carbocycles. The van der Waals surface area contributed by atoms with Gasteiger partial charge in [0.25, 0.3) is 5.91 Å². The Balaban J connectivity index is 2.55. The molecule has 0 saturated heterocycles. The largest absolute Gasteiger partial charge is 0.351 e. The van der Waals surface area contributed by atoms with E-state index in [1.807, 2.05) is 25.2 Å². The monoisotopic (exact) mass is 362 g/mol. The quantitative estimate of drug-likeness (QED) is 0.872. The number of hydrogen-bond acceptors (Lipinski definition) is 2. The van der Waals surface area contributed by atoms with Gasteiger partial charge in [-0.15, -0.1) is 0 Å². The highest BCUT2D eigenvalue weighted by Crippen LogP contribution is 2.21. The van der Waals surface area contributed by atoms with E-state index in [0.29, 0.717) is 12.1 Å². The minimum absolute atomic E-state index is 0.0531. The average molecular weight is 364 g/mol. The second-order valence-corrected chi connectivity index (χ2v) is 5.55. The van der Waals surface area contributed by atoms with Crippen LogP contribution in [0.15, 0.2) is 27.1 Å². The Morgan fingerprint density at radius 1 is 1.41 bits per heavy atom. The summed E-state index contributed by atoms with van der Waals surface area (Å²) in [6, 6.07) is 5.56. The van der Waals surface area contributed by atoms with E-state index < -0.39 is 0 Å². The van der Waals surface area contributed by atoms with Crippen LogP contribution < -0.4 is 5.32 Å². The molecule has 1 rings (SSSR count). The van der Waals surface area contributed by atoms with Gasteiger partial charge >= 0.3 is 0 Å². The van der Waals surface area contributed by atoms with E-state index in [9.17, 15) is 4.79 Å². The Kier molecular flexibility index (Phi) is 6.16. The molecule has 94 valence electrons. The Bertz CT molecular complexity index is 396. The molecular formula is C12H16Br2N2O. The van der Waals surface area contributed by atoms with Crippen molar-refractivity contribution in [3.63, 3.8) is 0 Å². The normalized spacial score (nSPS) is 10.6. The standard InChI is InChI=1S/C12H16Br2N2O/c1-3-16(2)7-6-15-12(17)10-8-9(13)4-5-11(10)14/h4-5,8H,3,6-7H2,1-2H3,(H,15,17). The van der Waals surface area contributed by atoms with Gasteiger partial charge < -0.3 is 10.2 Å². The number of carbonyl (C=O) groups is 1. The number of nitrogens with zero attached hydrogens (tertiary/aromatic N) is 1. The van der Waals surface area contributed by atoms with Gasteiger partial charge in [-0.3, -0.25) is 4.79 Å². The number of benzene rings is 1. The summed E-state index contributed by atoms with van der Waals surface area (Å²) in [7, 11) is 2.03. The van der Waals surface area contributed by atoms with E-state index in [4.69, 9.17) is 0 Å². The first-order valence-electron chi connectivity index (χ1n) is 5.46. The number of nitrogens with one attached hydrogen (secondary N) is 1. The number of amides is 1. The maximum absolute atomic E-state index is 11.9. The molecule has 3 nitrogen and oxygen atoms in total. The van der Waals surface area contributed by atoms with Gasteiger partial charge in [0.1, 0.15) is 0 Å². The van der Waals surface area contributed by atoms with E-state index in [-0.39, 0.29) is 5.91 Å². The fourth-order valence-corrected chi connectivity index (χ4v) is 2.07. The fraction of sp³-hybridized carbons (Fsp3) is 0.417. The average Bonchev–Trinajstić information content (AvgIpc) is 2.31. The summed E-state index contributed by atoms with van der Waals surface area (Å²) < 4.78 is 1.71. The second-order valence-electron chi connectivity index (χ2n) is 3.78. The van der Waals surface area contributed by atoms with Crippen molar-refractivity contribution in [1.29, 1.82) is 0 Å². The summed E-state index contributed by atoms with van der Waals surface area (Å²) in [6.07, 6.45) is 0. The van der Waals surface area contributed by atoms with Crippen molar-refractivity contribution in [2.75, 3.05) is 26.7 Å². The zero-order valence-electron chi connectivity index (χ0n) is 9.96. The molecule has 0 aromatic heterocycles. The van der Waals surface area contributed by atoms with Crippen LogP contribution in [-0.2, 0) is 0 Å². The van der Waals surface area contributed by atoms with Gasteiger partial charge in [-0.1, -0.05) is 22.9 Å². The van der Waals surface area contributed by atoms with E-state index in [2.05, 4.69) is 49.0 Å². The van der Waals surface area contributed by atoms with Gasteiger partial charge in [0.2, 0.25) is 0 Å². The van der Waals surface area contributed by atoms with Gasteiger partial charge in [0.15, 0.2) is 0 Å². The molecule has 0 heterocycles. The number of halogens is 2. The van der Waals surface area contributed by atoms with Gasteiger partial charge in [0.05, 0.1) is 5.56 Å². The molecule has 1 amide bonds. The highest BCUT2D eigenvalue weighted by Gasteiger charge is 2.09. The molecule has 0 unspecified atom stereocenters. The summed E-state index contributed by atoms with van der Waals surface area (Å²) in [5, 5.41) is 2.90. The summed E-state index contributed by atoms with van der Waals surface area (Å²) in [4.78, 5) is 14.1. The molecule has 0 saturated carbocycles. The number of rotatable bonds is 5. The third kappa shape index (κ3) is 4.77. The zero-order valence-corrected chi connectivity index (χ0v) is 13.1. The smallest absolute Gasteiger partial charge is 0.252 e. The molecule has 0 radical (unpaired) electrons. The predicted octanol–water partition coefficient (Wildman–Crippen LogP) is 2.89. The summed E-state index contributed by atoms with van der Waals surface area (Å²) in [5.74, 6) is -0.0531. The molecule has 0 atom stereocenters. The van der Waals surface area contributed by atoms with E-state index in [1.165, 1.54) is 0 Å².